The Balaban J connectivity index is 1.86. The van der Waals surface area contributed by atoms with Crippen LogP contribution in [0.15, 0.2) is 0 Å². The van der Waals surface area contributed by atoms with Crippen molar-refractivity contribution in [3.63, 3.8) is 0 Å². The van der Waals surface area contributed by atoms with Gasteiger partial charge < -0.3 is 10.5 Å². The van der Waals surface area contributed by atoms with E-state index in [1.165, 1.54) is 25.7 Å². The molecule has 0 unspecified atom stereocenters. The van der Waals surface area contributed by atoms with Crippen molar-refractivity contribution in [2.75, 3.05) is 13.7 Å². The van der Waals surface area contributed by atoms with Crippen LogP contribution < -0.4 is 5.73 Å². The molecule has 2 N–H and O–H groups in total. The Bertz CT molecular complexity index is 99.4. The predicted molar refractivity (Wildman–Crippen MR) is 41.9 cm³/mol. The van der Waals surface area contributed by atoms with E-state index in [-0.39, 0.29) is 5.54 Å². The lowest BCUT2D eigenvalue weighted by Gasteiger charge is -2.06. The number of methoxy groups -OCH3 is 1. The highest BCUT2D eigenvalue weighted by Gasteiger charge is 2.36. The second-order valence-corrected chi connectivity index (χ2v) is 3.31. The normalized spacial score (nSPS) is 21.0. The highest BCUT2D eigenvalue weighted by Crippen LogP contribution is 2.36. The Morgan fingerprint density at radius 2 is 2.10 bits per heavy atom. The molecule has 1 aliphatic carbocycles. The summed E-state index contributed by atoms with van der Waals surface area (Å²) in [5.74, 6) is 0. The molecule has 2 heteroatoms. The van der Waals surface area contributed by atoms with Crippen molar-refractivity contribution in [2.24, 2.45) is 5.73 Å². The van der Waals surface area contributed by atoms with Gasteiger partial charge in [0.1, 0.15) is 0 Å². The molecule has 0 heterocycles. The summed E-state index contributed by atoms with van der Waals surface area (Å²) in [7, 11) is 1.75. The summed E-state index contributed by atoms with van der Waals surface area (Å²) in [6.07, 6.45) is 6.05. The fourth-order valence-electron chi connectivity index (χ4n) is 1.13. The van der Waals surface area contributed by atoms with Crippen molar-refractivity contribution in [3.8, 4) is 0 Å². The lowest BCUT2D eigenvalue weighted by atomic mass is 10.1. The van der Waals surface area contributed by atoms with Crippen LogP contribution >= 0.6 is 0 Å². The highest BCUT2D eigenvalue weighted by atomic mass is 16.5. The molecule has 0 amide bonds. The molecule has 0 atom stereocenters. The van der Waals surface area contributed by atoms with Gasteiger partial charge >= 0.3 is 0 Å². The van der Waals surface area contributed by atoms with Gasteiger partial charge in [-0.25, -0.2) is 0 Å². The predicted octanol–water partition coefficient (Wildman–Crippen LogP) is 1.29. The fourth-order valence-corrected chi connectivity index (χ4v) is 1.13. The topological polar surface area (TPSA) is 35.2 Å². The van der Waals surface area contributed by atoms with Crippen molar-refractivity contribution in [2.45, 2.75) is 37.6 Å². The van der Waals surface area contributed by atoms with Gasteiger partial charge in [0, 0.05) is 19.3 Å². The molecule has 2 nitrogen and oxygen atoms in total. The molecule has 1 aliphatic rings. The Labute approximate surface area is 62.7 Å². The molecule has 0 aliphatic heterocycles. The first-order valence-corrected chi connectivity index (χ1v) is 4.05. The Morgan fingerprint density at radius 3 is 2.60 bits per heavy atom. The van der Waals surface area contributed by atoms with Gasteiger partial charge in [-0.2, -0.15) is 0 Å². The summed E-state index contributed by atoms with van der Waals surface area (Å²) in [6.45, 7) is 0.885. The minimum Gasteiger partial charge on any atom is -0.385 e. The third kappa shape index (κ3) is 2.67. The van der Waals surface area contributed by atoms with E-state index < -0.39 is 0 Å². The third-order valence-corrected chi connectivity index (χ3v) is 2.17. The van der Waals surface area contributed by atoms with Gasteiger partial charge in [-0.1, -0.05) is 0 Å². The van der Waals surface area contributed by atoms with E-state index in [0.29, 0.717) is 0 Å². The van der Waals surface area contributed by atoms with E-state index in [2.05, 4.69) is 0 Å². The molecule has 60 valence electrons. The van der Waals surface area contributed by atoms with Crippen LogP contribution in [0.25, 0.3) is 0 Å². The van der Waals surface area contributed by atoms with E-state index in [1.807, 2.05) is 0 Å². The standard InChI is InChI=1S/C8H17NO/c1-10-7-3-2-4-8(9)5-6-8/h2-7,9H2,1H3. The average Bonchev–Trinajstić information content (AvgIpc) is 2.62. The molecular formula is C8H17NO. The number of hydrogen-bond donors (Lipinski definition) is 1. The summed E-state index contributed by atoms with van der Waals surface area (Å²) in [5, 5.41) is 0. The molecule has 0 bridgehead atoms. The van der Waals surface area contributed by atoms with Crippen molar-refractivity contribution < 1.29 is 4.74 Å². The Hall–Kier alpha value is -0.0800. The second-order valence-electron chi connectivity index (χ2n) is 3.31. The smallest absolute Gasteiger partial charge is 0.0462 e. The van der Waals surface area contributed by atoms with Gasteiger partial charge in [0.15, 0.2) is 0 Å². The molecule has 0 saturated heterocycles. The van der Waals surface area contributed by atoms with Crippen LogP contribution in [0.4, 0.5) is 0 Å². The van der Waals surface area contributed by atoms with Crippen LogP contribution in [-0.4, -0.2) is 19.3 Å². The first kappa shape index (κ1) is 8.02. The van der Waals surface area contributed by atoms with Crippen LogP contribution in [0, 0.1) is 0 Å². The van der Waals surface area contributed by atoms with Crippen molar-refractivity contribution >= 4 is 0 Å². The molecule has 1 saturated carbocycles. The number of nitrogens with two attached hydrogens (primary N) is 1. The van der Waals surface area contributed by atoms with Crippen molar-refractivity contribution in [1.82, 2.24) is 0 Å². The Morgan fingerprint density at radius 1 is 1.40 bits per heavy atom. The quantitative estimate of drug-likeness (QED) is 0.589. The van der Waals surface area contributed by atoms with Crippen LogP contribution in [0.2, 0.25) is 0 Å². The lowest BCUT2D eigenvalue weighted by Crippen LogP contribution is -2.21. The summed E-state index contributed by atoms with van der Waals surface area (Å²) in [5.41, 5.74) is 6.13. The maximum Gasteiger partial charge on any atom is 0.0462 e. The third-order valence-electron chi connectivity index (χ3n) is 2.17. The first-order chi connectivity index (χ1) is 4.77. The minimum absolute atomic E-state index is 0.244. The zero-order valence-corrected chi connectivity index (χ0v) is 6.73. The molecule has 1 fully saturated rings. The van der Waals surface area contributed by atoms with E-state index in [0.717, 1.165) is 13.0 Å². The van der Waals surface area contributed by atoms with Gasteiger partial charge in [-0.3, -0.25) is 0 Å². The maximum atomic E-state index is 5.89. The Kier molecular flexibility index (Phi) is 2.69. The first-order valence-electron chi connectivity index (χ1n) is 4.05. The number of ether oxygens (including phenoxy) is 1. The second kappa shape index (κ2) is 3.35. The molecule has 0 aromatic carbocycles. The molecule has 0 aromatic rings. The van der Waals surface area contributed by atoms with E-state index >= 15 is 0 Å². The van der Waals surface area contributed by atoms with Crippen molar-refractivity contribution in [1.29, 1.82) is 0 Å². The van der Waals surface area contributed by atoms with Crippen LogP contribution in [-0.2, 0) is 4.74 Å². The minimum atomic E-state index is 0.244. The van der Waals surface area contributed by atoms with Gasteiger partial charge in [-0.05, 0) is 32.1 Å². The number of rotatable bonds is 5. The molecule has 1 rings (SSSR count). The largest absolute Gasteiger partial charge is 0.385 e. The summed E-state index contributed by atoms with van der Waals surface area (Å²) in [6, 6.07) is 0. The maximum absolute atomic E-state index is 5.89. The van der Waals surface area contributed by atoms with Gasteiger partial charge in [0.05, 0.1) is 0 Å². The summed E-state index contributed by atoms with van der Waals surface area (Å²) in [4.78, 5) is 0. The number of unbranched alkanes of at least 4 members (excludes halogenated alkanes) is 1. The molecule has 10 heavy (non-hydrogen) atoms. The average molecular weight is 143 g/mol. The zero-order valence-electron chi connectivity index (χ0n) is 6.73. The molecule has 0 radical (unpaired) electrons. The molecule has 0 spiro atoms. The summed E-state index contributed by atoms with van der Waals surface area (Å²) < 4.78 is 4.94. The SMILES string of the molecule is COCCCCC1(N)CC1. The highest BCUT2D eigenvalue weighted by molar-refractivity contribution is 4.97. The van der Waals surface area contributed by atoms with E-state index in [1.54, 1.807) is 7.11 Å². The van der Waals surface area contributed by atoms with Gasteiger partial charge in [-0.15, -0.1) is 0 Å². The number of hydrogen-bond acceptors (Lipinski definition) is 2. The van der Waals surface area contributed by atoms with E-state index in [9.17, 15) is 0 Å². The molecule has 0 aromatic heterocycles. The summed E-state index contributed by atoms with van der Waals surface area (Å²) >= 11 is 0. The van der Waals surface area contributed by atoms with Crippen LogP contribution in [0.3, 0.4) is 0 Å². The molecular weight excluding hydrogens is 126 g/mol. The monoisotopic (exact) mass is 143 g/mol. The lowest BCUT2D eigenvalue weighted by molar-refractivity contribution is 0.191. The van der Waals surface area contributed by atoms with Gasteiger partial charge in [0.2, 0.25) is 0 Å². The van der Waals surface area contributed by atoms with Gasteiger partial charge in [0.25, 0.3) is 0 Å². The van der Waals surface area contributed by atoms with Crippen LogP contribution in [0.1, 0.15) is 32.1 Å². The zero-order chi connectivity index (χ0) is 7.45. The van der Waals surface area contributed by atoms with E-state index in [4.69, 9.17) is 10.5 Å². The fraction of sp³-hybridized carbons (Fsp3) is 1.00. The van der Waals surface area contributed by atoms with Crippen molar-refractivity contribution in [3.05, 3.63) is 0 Å². The van der Waals surface area contributed by atoms with Crippen LogP contribution in [0.5, 0.6) is 0 Å².